The number of hydrogen-bond acceptors (Lipinski definition) is 2. The van der Waals surface area contributed by atoms with Gasteiger partial charge in [-0.3, -0.25) is 0 Å². The fraction of sp³-hybridized carbons (Fsp3) is 0.100. The van der Waals surface area contributed by atoms with Crippen molar-refractivity contribution < 1.29 is 14.6 Å². The Morgan fingerprint density at radius 1 is 0.739 bits per heavy atom. The third-order valence-corrected chi connectivity index (χ3v) is 4.91. The minimum Gasteiger partial charge on any atom is -0.386 e. The highest BCUT2D eigenvalue weighted by Crippen LogP contribution is 2.38. The van der Waals surface area contributed by atoms with Crippen LogP contribution in [0, 0.1) is 5.82 Å². The van der Waals surface area contributed by atoms with E-state index in [1.165, 1.54) is 0 Å². The molecule has 0 aromatic heterocycles. The summed E-state index contributed by atoms with van der Waals surface area (Å²) in [5, 5.41) is 25.8. The predicted molar refractivity (Wildman–Crippen MR) is 89.6 cm³/mol. The largest absolute Gasteiger partial charge is 0.386 e. The van der Waals surface area contributed by atoms with Crippen LogP contribution in [0.15, 0.2) is 48.5 Å². The summed E-state index contributed by atoms with van der Waals surface area (Å²) in [5.74, 6) is -0.239. The molecule has 23 heavy (non-hydrogen) atoms. The second-order valence-corrected chi connectivity index (χ2v) is 6.12. The number of fused-ring (bicyclic) bond motifs is 2. The molecule has 112 valence electrons. The van der Waals surface area contributed by atoms with Gasteiger partial charge in [-0.1, -0.05) is 48.5 Å². The Morgan fingerprint density at radius 2 is 1.48 bits per heavy atom. The molecule has 0 radical (unpaired) electrons. The molecule has 4 aromatic carbocycles. The molecule has 4 aromatic rings. The zero-order chi connectivity index (χ0) is 15.7. The van der Waals surface area contributed by atoms with Gasteiger partial charge in [-0.05, 0) is 33.0 Å². The number of aliphatic hydroxyl groups is 2. The molecular weight excluding hydrogens is 291 g/mol. The quantitative estimate of drug-likeness (QED) is 0.387. The first kappa shape index (κ1) is 13.0. The summed E-state index contributed by atoms with van der Waals surface area (Å²) >= 11 is 0. The standard InChI is InChI=1S/C20H13FO2/c21-19-13-4-2-1-3-11(13)12-6-5-10-9-16(22)20(23)15-8-7-14(19)18(12)17(10)15/h1-9,16,20,22-23H. The van der Waals surface area contributed by atoms with E-state index in [1.807, 2.05) is 30.3 Å². The molecule has 2 unspecified atom stereocenters. The zero-order valence-corrected chi connectivity index (χ0v) is 12.1. The lowest BCUT2D eigenvalue weighted by Crippen LogP contribution is -2.25. The maximum atomic E-state index is 15.0. The topological polar surface area (TPSA) is 40.5 Å². The van der Waals surface area contributed by atoms with Gasteiger partial charge in [-0.25, -0.2) is 4.39 Å². The van der Waals surface area contributed by atoms with Crippen molar-refractivity contribution in [1.82, 2.24) is 0 Å². The van der Waals surface area contributed by atoms with Crippen molar-refractivity contribution in [3.63, 3.8) is 0 Å². The van der Waals surface area contributed by atoms with Crippen LogP contribution in [-0.2, 0) is 0 Å². The van der Waals surface area contributed by atoms with Gasteiger partial charge >= 0.3 is 0 Å². The van der Waals surface area contributed by atoms with E-state index in [4.69, 9.17) is 0 Å². The molecule has 0 bridgehead atoms. The summed E-state index contributed by atoms with van der Waals surface area (Å²) in [4.78, 5) is 0. The molecule has 2 nitrogen and oxygen atoms in total. The SMILES string of the molecule is OC1C=c2ccc3c4ccccc4c(F)c4ccc(c2c43)C1O. The fourth-order valence-corrected chi connectivity index (χ4v) is 3.86. The Hall–Kier alpha value is -2.49. The predicted octanol–water partition coefficient (Wildman–Crippen LogP) is 3.19. The van der Waals surface area contributed by atoms with Gasteiger partial charge in [0.05, 0.1) is 0 Å². The average molecular weight is 304 g/mol. The van der Waals surface area contributed by atoms with E-state index in [2.05, 4.69) is 0 Å². The summed E-state index contributed by atoms with van der Waals surface area (Å²) in [7, 11) is 0. The van der Waals surface area contributed by atoms with Gasteiger partial charge < -0.3 is 10.2 Å². The van der Waals surface area contributed by atoms with Crippen LogP contribution in [-0.4, -0.2) is 16.3 Å². The molecule has 1 aliphatic carbocycles. The number of halogens is 1. The lowest BCUT2D eigenvalue weighted by molar-refractivity contribution is 0.0572. The molecule has 0 saturated carbocycles. The van der Waals surface area contributed by atoms with Crippen LogP contribution in [0.4, 0.5) is 4.39 Å². The van der Waals surface area contributed by atoms with Crippen molar-refractivity contribution in [2.75, 3.05) is 0 Å². The highest BCUT2D eigenvalue weighted by Gasteiger charge is 2.25. The van der Waals surface area contributed by atoms with Crippen LogP contribution < -0.4 is 5.22 Å². The van der Waals surface area contributed by atoms with Crippen LogP contribution >= 0.6 is 0 Å². The monoisotopic (exact) mass is 304 g/mol. The van der Waals surface area contributed by atoms with Gasteiger partial charge in [0, 0.05) is 16.2 Å². The van der Waals surface area contributed by atoms with E-state index in [-0.39, 0.29) is 5.82 Å². The number of benzene rings is 4. The molecule has 3 heteroatoms. The van der Waals surface area contributed by atoms with Crippen molar-refractivity contribution in [2.45, 2.75) is 12.2 Å². The van der Waals surface area contributed by atoms with Gasteiger partial charge in [0.15, 0.2) is 0 Å². The number of hydrogen-bond donors (Lipinski definition) is 2. The smallest absolute Gasteiger partial charge is 0.138 e. The van der Waals surface area contributed by atoms with Crippen LogP contribution in [0.3, 0.4) is 0 Å². The normalized spacial score (nSPS) is 20.3. The molecule has 1 aliphatic rings. The van der Waals surface area contributed by atoms with Gasteiger partial charge in [0.25, 0.3) is 0 Å². The van der Waals surface area contributed by atoms with Gasteiger partial charge in [-0.15, -0.1) is 0 Å². The number of aliphatic hydroxyl groups excluding tert-OH is 2. The van der Waals surface area contributed by atoms with E-state index >= 15 is 0 Å². The lowest BCUT2D eigenvalue weighted by atomic mass is 9.86. The van der Waals surface area contributed by atoms with E-state index in [1.54, 1.807) is 24.3 Å². The molecule has 5 rings (SSSR count). The third kappa shape index (κ3) is 1.53. The van der Waals surface area contributed by atoms with E-state index in [9.17, 15) is 14.6 Å². The van der Waals surface area contributed by atoms with E-state index in [0.29, 0.717) is 16.3 Å². The van der Waals surface area contributed by atoms with Crippen LogP contribution in [0.5, 0.6) is 0 Å². The molecule has 0 heterocycles. The highest BCUT2D eigenvalue weighted by atomic mass is 19.1. The Balaban J connectivity index is 2.16. The summed E-state index contributed by atoms with van der Waals surface area (Å²) in [6, 6.07) is 14.8. The van der Waals surface area contributed by atoms with Crippen molar-refractivity contribution in [3.8, 4) is 0 Å². The molecule has 0 spiro atoms. The first-order valence-corrected chi connectivity index (χ1v) is 7.60. The fourth-order valence-electron chi connectivity index (χ4n) is 3.86. The highest BCUT2D eigenvalue weighted by molar-refractivity contribution is 6.22. The summed E-state index contributed by atoms with van der Waals surface area (Å²) in [5.41, 5.74) is 0.655. The van der Waals surface area contributed by atoms with Gasteiger partial charge in [0.1, 0.15) is 18.0 Å². The first-order valence-electron chi connectivity index (χ1n) is 7.60. The Kier molecular flexibility index (Phi) is 2.42. The third-order valence-electron chi connectivity index (χ3n) is 4.91. The Morgan fingerprint density at radius 3 is 2.30 bits per heavy atom. The second-order valence-electron chi connectivity index (χ2n) is 6.12. The first-order chi connectivity index (χ1) is 11.2. The summed E-state index contributed by atoms with van der Waals surface area (Å²) < 4.78 is 15.0. The van der Waals surface area contributed by atoms with E-state index in [0.717, 1.165) is 26.8 Å². The Bertz CT molecular complexity index is 1160. The number of rotatable bonds is 0. The molecule has 2 N–H and O–H groups in total. The van der Waals surface area contributed by atoms with Crippen molar-refractivity contribution in [3.05, 3.63) is 65.1 Å². The van der Waals surface area contributed by atoms with Gasteiger partial charge in [-0.2, -0.15) is 0 Å². The van der Waals surface area contributed by atoms with Crippen LogP contribution in [0.25, 0.3) is 38.4 Å². The minimum atomic E-state index is -0.980. The van der Waals surface area contributed by atoms with Crippen LogP contribution in [0.2, 0.25) is 0 Å². The van der Waals surface area contributed by atoms with Crippen molar-refractivity contribution >= 4 is 38.4 Å². The van der Waals surface area contributed by atoms with Crippen molar-refractivity contribution in [2.24, 2.45) is 0 Å². The molecule has 2 atom stereocenters. The maximum absolute atomic E-state index is 15.0. The zero-order valence-electron chi connectivity index (χ0n) is 12.1. The van der Waals surface area contributed by atoms with Crippen molar-refractivity contribution in [1.29, 1.82) is 0 Å². The summed E-state index contributed by atoms with van der Waals surface area (Å²) in [6.07, 6.45) is -0.280. The Labute approximate surface area is 131 Å². The summed E-state index contributed by atoms with van der Waals surface area (Å²) in [6.45, 7) is 0. The molecule has 0 amide bonds. The molecule has 0 fully saturated rings. The molecule has 0 saturated heterocycles. The minimum absolute atomic E-state index is 0.239. The van der Waals surface area contributed by atoms with Gasteiger partial charge in [0.2, 0.25) is 0 Å². The maximum Gasteiger partial charge on any atom is 0.138 e. The second kappa shape index (κ2) is 4.28. The average Bonchev–Trinajstić information content (AvgIpc) is 2.58. The van der Waals surface area contributed by atoms with Crippen LogP contribution in [0.1, 0.15) is 11.7 Å². The van der Waals surface area contributed by atoms with E-state index < -0.39 is 12.2 Å². The molecular formula is C20H13FO2. The molecule has 0 aliphatic heterocycles. The lowest BCUT2D eigenvalue weighted by Gasteiger charge is -2.23.